The van der Waals surface area contributed by atoms with Crippen LogP contribution in [0.4, 0.5) is 5.69 Å². The number of nitrogens with zero attached hydrogens (tertiary/aromatic N) is 2. The highest BCUT2D eigenvalue weighted by molar-refractivity contribution is 6.30. The minimum atomic E-state index is -0.119. The second kappa shape index (κ2) is 6.82. The van der Waals surface area contributed by atoms with Gasteiger partial charge in [0.15, 0.2) is 0 Å². The molecule has 0 atom stereocenters. The highest BCUT2D eigenvalue weighted by Crippen LogP contribution is 2.12. The van der Waals surface area contributed by atoms with Crippen molar-refractivity contribution in [2.75, 3.05) is 11.9 Å². The van der Waals surface area contributed by atoms with Gasteiger partial charge in [-0.3, -0.25) is 4.79 Å². The van der Waals surface area contributed by atoms with E-state index in [-0.39, 0.29) is 12.5 Å². The van der Waals surface area contributed by atoms with Gasteiger partial charge in [0, 0.05) is 23.5 Å². The van der Waals surface area contributed by atoms with Gasteiger partial charge in [0.05, 0.1) is 12.2 Å². The van der Waals surface area contributed by atoms with Crippen LogP contribution in [0.2, 0.25) is 5.02 Å². The van der Waals surface area contributed by atoms with Crippen LogP contribution in [0.1, 0.15) is 5.69 Å². The number of nitrogens with one attached hydrogen (secondary N) is 2. The van der Waals surface area contributed by atoms with Crippen molar-refractivity contribution >= 4 is 23.2 Å². The van der Waals surface area contributed by atoms with Crippen LogP contribution in [0.3, 0.4) is 0 Å². The Hall–Kier alpha value is -1.98. The standard InChI is InChI=1S/C13H13ClN4O/c14-10-3-5-11(6-4-10)17-13(19)9-15-8-12-2-1-7-16-18-12/h1-7,15H,8-9H2,(H,17,19). The van der Waals surface area contributed by atoms with Crippen molar-refractivity contribution in [3.63, 3.8) is 0 Å². The second-order valence-electron chi connectivity index (χ2n) is 3.87. The van der Waals surface area contributed by atoms with Gasteiger partial charge in [-0.2, -0.15) is 10.2 Å². The van der Waals surface area contributed by atoms with E-state index in [0.717, 1.165) is 11.4 Å². The Kier molecular flexibility index (Phi) is 4.83. The van der Waals surface area contributed by atoms with Crippen LogP contribution < -0.4 is 10.6 Å². The molecule has 1 amide bonds. The minimum absolute atomic E-state index is 0.119. The molecule has 6 heteroatoms. The molecular weight excluding hydrogens is 264 g/mol. The van der Waals surface area contributed by atoms with Crippen molar-refractivity contribution < 1.29 is 4.79 Å². The predicted molar refractivity (Wildman–Crippen MR) is 73.8 cm³/mol. The van der Waals surface area contributed by atoms with E-state index in [4.69, 9.17) is 11.6 Å². The molecule has 0 aliphatic heterocycles. The van der Waals surface area contributed by atoms with Crippen molar-refractivity contribution in [1.82, 2.24) is 15.5 Å². The fraction of sp³-hybridized carbons (Fsp3) is 0.154. The quantitative estimate of drug-likeness (QED) is 0.875. The van der Waals surface area contributed by atoms with Crippen LogP contribution >= 0.6 is 11.6 Å². The normalized spacial score (nSPS) is 10.2. The first-order chi connectivity index (χ1) is 9.24. The number of carbonyl (C=O) groups excluding carboxylic acids is 1. The van der Waals surface area contributed by atoms with E-state index < -0.39 is 0 Å². The van der Waals surface area contributed by atoms with Crippen LogP contribution in [0.25, 0.3) is 0 Å². The van der Waals surface area contributed by atoms with Crippen LogP contribution in [-0.2, 0) is 11.3 Å². The van der Waals surface area contributed by atoms with Crippen molar-refractivity contribution in [3.05, 3.63) is 53.3 Å². The van der Waals surface area contributed by atoms with Crippen LogP contribution in [0, 0.1) is 0 Å². The number of amides is 1. The summed E-state index contributed by atoms with van der Waals surface area (Å²) in [6, 6.07) is 10.6. The summed E-state index contributed by atoms with van der Waals surface area (Å²) in [5.74, 6) is -0.119. The van der Waals surface area contributed by atoms with E-state index >= 15 is 0 Å². The summed E-state index contributed by atoms with van der Waals surface area (Å²) in [4.78, 5) is 11.6. The number of hydrogen-bond donors (Lipinski definition) is 2. The minimum Gasteiger partial charge on any atom is -0.325 e. The highest BCUT2D eigenvalue weighted by Gasteiger charge is 2.02. The summed E-state index contributed by atoms with van der Waals surface area (Å²) in [5, 5.41) is 14.1. The van der Waals surface area contributed by atoms with E-state index in [2.05, 4.69) is 20.8 Å². The third-order valence-electron chi connectivity index (χ3n) is 2.35. The molecule has 98 valence electrons. The number of rotatable bonds is 5. The lowest BCUT2D eigenvalue weighted by Gasteiger charge is -2.06. The Bertz CT molecular complexity index is 530. The first-order valence-corrected chi connectivity index (χ1v) is 6.14. The smallest absolute Gasteiger partial charge is 0.238 e. The molecule has 2 rings (SSSR count). The fourth-order valence-electron chi connectivity index (χ4n) is 1.47. The van der Waals surface area contributed by atoms with Gasteiger partial charge < -0.3 is 10.6 Å². The molecule has 0 fully saturated rings. The van der Waals surface area contributed by atoms with E-state index in [1.165, 1.54) is 0 Å². The Morgan fingerprint density at radius 3 is 2.68 bits per heavy atom. The number of anilines is 1. The van der Waals surface area contributed by atoms with Gasteiger partial charge in [0.1, 0.15) is 0 Å². The van der Waals surface area contributed by atoms with Gasteiger partial charge in [-0.05, 0) is 36.4 Å². The molecule has 0 saturated heterocycles. The maximum atomic E-state index is 11.6. The largest absolute Gasteiger partial charge is 0.325 e. The molecule has 1 aromatic carbocycles. The number of carbonyl (C=O) groups is 1. The summed E-state index contributed by atoms with van der Waals surface area (Å²) in [7, 11) is 0. The van der Waals surface area contributed by atoms with Gasteiger partial charge in [-0.15, -0.1) is 0 Å². The Labute approximate surface area is 116 Å². The van der Waals surface area contributed by atoms with Crippen LogP contribution in [-0.4, -0.2) is 22.6 Å². The zero-order valence-electron chi connectivity index (χ0n) is 10.1. The predicted octanol–water partition coefficient (Wildman–Crippen LogP) is 1.86. The topological polar surface area (TPSA) is 66.9 Å². The summed E-state index contributed by atoms with van der Waals surface area (Å²) < 4.78 is 0. The van der Waals surface area contributed by atoms with Crippen molar-refractivity contribution in [1.29, 1.82) is 0 Å². The Morgan fingerprint density at radius 2 is 2.00 bits per heavy atom. The fourth-order valence-corrected chi connectivity index (χ4v) is 1.60. The molecule has 1 aromatic heterocycles. The van der Waals surface area contributed by atoms with Crippen LogP contribution in [0.15, 0.2) is 42.6 Å². The van der Waals surface area contributed by atoms with E-state index in [1.807, 2.05) is 6.07 Å². The SMILES string of the molecule is O=C(CNCc1cccnn1)Nc1ccc(Cl)cc1. The summed E-state index contributed by atoms with van der Waals surface area (Å²) in [6.45, 7) is 0.709. The molecule has 0 aliphatic rings. The summed E-state index contributed by atoms with van der Waals surface area (Å²) >= 11 is 5.76. The molecule has 2 N–H and O–H groups in total. The van der Waals surface area contributed by atoms with Gasteiger partial charge in [0.25, 0.3) is 0 Å². The molecule has 5 nitrogen and oxygen atoms in total. The third-order valence-corrected chi connectivity index (χ3v) is 2.60. The van der Waals surface area contributed by atoms with Gasteiger partial charge in [-0.1, -0.05) is 11.6 Å². The first-order valence-electron chi connectivity index (χ1n) is 5.77. The molecule has 0 saturated carbocycles. The molecule has 0 bridgehead atoms. The highest BCUT2D eigenvalue weighted by atomic mass is 35.5. The average molecular weight is 277 g/mol. The number of benzene rings is 1. The lowest BCUT2D eigenvalue weighted by molar-refractivity contribution is -0.115. The van der Waals surface area contributed by atoms with E-state index in [0.29, 0.717) is 11.6 Å². The molecule has 0 spiro atoms. The maximum Gasteiger partial charge on any atom is 0.238 e. The van der Waals surface area contributed by atoms with E-state index in [9.17, 15) is 4.79 Å². The second-order valence-corrected chi connectivity index (χ2v) is 4.31. The Balaban J connectivity index is 1.74. The van der Waals surface area contributed by atoms with E-state index in [1.54, 1.807) is 36.5 Å². The molecule has 0 radical (unpaired) electrons. The first kappa shape index (κ1) is 13.5. The molecule has 2 aromatic rings. The molecule has 19 heavy (non-hydrogen) atoms. The zero-order valence-corrected chi connectivity index (χ0v) is 10.9. The Morgan fingerprint density at radius 1 is 1.21 bits per heavy atom. The number of halogens is 1. The van der Waals surface area contributed by atoms with Crippen molar-refractivity contribution in [2.45, 2.75) is 6.54 Å². The lowest BCUT2D eigenvalue weighted by Crippen LogP contribution is -2.28. The summed E-state index contributed by atoms with van der Waals surface area (Å²) in [6.07, 6.45) is 1.61. The number of aromatic nitrogens is 2. The van der Waals surface area contributed by atoms with Gasteiger partial charge in [-0.25, -0.2) is 0 Å². The molecule has 0 aliphatic carbocycles. The average Bonchev–Trinajstić information content (AvgIpc) is 2.43. The van der Waals surface area contributed by atoms with Crippen LogP contribution in [0.5, 0.6) is 0 Å². The van der Waals surface area contributed by atoms with Gasteiger partial charge >= 0.3 is 0 Å². The third kappa shape index (κ3) is 4.65. The molecule has 0 unspecified atom stereocenters. The zero-order chi connectivity index (χ0) is 13.5. The van der Waals surface area contributed by atoms with Crippen molar-refractivity contribution in [3.8, 4) is 0 Å². The molecule has 1 heterocycles. The maximum absolute atomic E-state index is 11.6. The van der Waals surface area contributed by atoms with Crippen molar-refractivity contribution in [2.24, 2.45) is 0 Å². The monoisotopic (exact) mass is 276 g/mol. The number of hydrogen-bond acceptors (Lipinski definition) is 4. The lowest BCUT2D eigenvalue weighted by atomic mass is 10.3. The van der Waals surface area contributed by atoms with Gasteiger partial charge in [0.2, 0.25) is 5.91 Å². The molecular formula is C13H13ClN4O. The summed E-state index contributed by atoms with van der Waals surface area (Å²) in [5.41, 5.74) is 1.51.